The van der Waals surface area contributed by atoms with Gasteiger partial charge in [-0.25, -0.2) is 9.37 Å². The van der Waals surface area contributed by atoms with Crippen molar-refractivity contribution in [3.63, 3.8) is 0 Å². The summed E-state index contributed by atoms with van der Waals surface area (Å²) in [5.74, 6) is -0.372. The van der Waals surface area contributed by atoms with E-state index in [1.807, 2.05) is 6.07 Å². The SMILES string of the molecule is Nc1ccccc1-c1ocnc1C(=O)NCCCc1cncc(F)c1. The Bertz CT molecular complexity index is 879. The van der Waals surface area contributed by atoms with Gasteiger partial charge in [-0.3, -0.25) is 9.78 Å². The molecule has 128 valence electrons. The van der Waals surface area contributed by atoms with Crippen molar-refractivity contribution in [3.8, 4) is 11.3 Å². The highest BCUT2D eigenvalue weighted by Crippen LogP contribution is 2.28. The number of benzene rings is 1. The number of rotatable bonds is 6. The Balaban J connectivity index is 1.59. The first kappa shape index (κ1) is 16.6. The summed E-state index contributed by atoms with van der Waals surface area (Å²) >= 11 is 0. The molecule has 1 amide bonds. The zero-order valence-corrected chi connectivity index (χ0v) is 13.4. The van der Waals surface area contributed by atoms with E-state index in [0.717, 1.165) is 11.8 Å². The first-order chi connectivity index (χ1) is 12.1. The first-order valence-electron chi connectivity index (χ1n) is 7.81. The van der Waals surface area contributed by atoms with Crippen LogP contribution in [0.5, 0.6) is 0 Å². The number of nitrogen functional groups attached to an aromatic ring is 1. The smallest absolute Gasteiger partial charge is 0.273 e. The number of para-hydroxylation sites is 1. The van der Waals surface area contributed by atoms with Crippen LogP contribution in [0.2, 0.25) is 0 Å². The van der Waals surface area contributed by atoms with Gasteiger partial charge in [0.1, 0.15) is 5.82 Å². The van der Waals surface area contributed by atoms with Gasteiger partial charge in [0.2, 0.25) is 0 Å². The van der Waals surface area contributed by atoms with Crippen molar-refractivity contribution in [1.82, 2.24) is 15.3 Å². The average Bonchev–Trinajstić information content (AvgIpc) is 3.08. The molecule has 6 nitrogen and oxygen atoms in total. The van der Waals surface area contributed by atoms with Gasteiger partial charge >= 0.3 is 0 Å². The minimum atomic E-state index is -0.366. The van der Waals surface area contributed by atoms with Crippen LogP contribution in [-0.2, 0) is 6.42 Å². The number of aryl methyl sites for hydroxylation is 1. The summed E-state index contributed by atoms with van der Waals surface area (Å²) in [6.07, 6.45) is 5.25. The lowest BCUT2D eigenvalue weighted by atomic mass is 10.1. The predicted octanol–water partition coefficient (Wildman–Crippen LogP) is 2.82. The van der Waals surface area contributed by atoms with E-state index in [0.29, 0.717) is 36.4 Å². The highest BCUT2D eigenvalue weighted by molar-refractivity contribution is 5.98. The van der Waals surface area contributed by atoms with Crippen molar-refractivity contribution in [3.05, 3.63) is 66.2 Å². The van der Waals surface area contributed by atoms with Gasteiger partial charge in [-0.2, -0.15) is 0 Å². The molecule has 0 spiro atoms. The molecule has 3 aromatic rings. The third-order valence-corrected chi connectivity index (χ3v) is 3.68. The van der Waals surface area contributed by atoms with E-state index in [4.69, 9.17) is 10.2 Å². The van der Waals surface area contributed by atoms with Crippen LogP contribution >= 0.6 is 0 Å². The van der Waals surface area contributed by atoms with Crippen molar-refractivity contribution in [2.75, 3.05) is 12.3 Å². The summed E-state index contributed by atoms with van der Waals surface area (Å²) in [7, 11) is 0. The quantitative estimate of drug-likeness (QED) is 0.531. The zero-order valence-electron chi connectivity index (χ0n) is 13.4. The predicted molar refractivity (Wildman–Crippen MR) is 91.2 cm³/mol. The van der Waals surface area contributed by atoms with Gasteiger partial charge in [0, 0.05) is 24.0 Å². The molecule has 0 unspecified atom stereocenters. The van der Waals surface area contributed by atoms with Crippen LogP contribution in [0.1, 0.15) is 22.5 Å². The molecule has 2 heterocycles. The third kappa shape index (κ3) is 4.00. The number of pyridine rings is 1. The average molecular weight is 340 g/mol. The summed E-state index contributed by atoms with van der Waals surface area (Å²) in [6, 6.07) is 8.54. The lowest BCUT2D eigenvalue weighted by molar-refractivity contribution is 0.0949. The van der Waals surface area contributed by atoms with Crippen molar-refractivity contribution in [2.24, 2.45) is 0 Å². The van der Waals surface area contributed by atoms with Crippen LogP contribution in [0, 0.1) is 5.82 Å². The summed E-state index contributed by atoms with van der Waals surface area (Å²) in [5, 5.41) is 2.78. The molecular formula is C18H17FN4O2. The van der Waals surface area contributed by atoms with E-state index >= 15 is 0 Å². The summed E-state index contributed by atoms with van der Waals surface area (Å²) in [6.45, 7) is 0.423. The van der Waals surface area contributed by atoms with E-state index in [2.05, 4.69) is 15.3 Å². The summed E-state index contributed by atoms with van der Waals surface area (Å²) in [4.78, 5) is 20.1. The Morgan fingerprint density at radius 1 is 1.28 bits per heavy atom. The molecule has 0 saturated carbocycles. The zero-order chi connectivity index (χ0) is 17.6. The van der Waals surface area contributed by atoms with Crippen molar-refractivity contribution < 1.29 is 13.6 Å². The Kier molecular flexibility index (Phi) is 5.03. The maximum absolute atomic E-state index is 13.1. The number of carbonyl (C=O) groups excluding carboxylic acids is 1. The molecule has 0 aliphatic heterocycles. The lowest BCUT2D eigenvalue weighted by Crippen LogP contribution is -2.25. The maximum Gasteiger partial charge on any atom is 0.273 e. The maximum atomic E-state index is 13.1. The van der Waals surface area contributed by atoms with Gasteiger partial charge in [0.25, 0.3) is 5.91 Å². The van der Waals surface area contributed by atoms with Crippen molar-refractivity contribution in [1.29, 1.82) is 0 Å². The fourth-order valence-corrected chi connectivity index (χ4v) is 2.47. The van der Waals surface area contributed by atoms with Gasteiger partial charge in [0.15, 0.2) is 17.8 Å². The number of oxazole rings is 1. The molecular weight excluding hydrogens is 323 g/mol. The minimum Gasteiger partial charge on any atom is -0.443 e. The molecule has 0 atom stereocenters. The van der Waals surface area contributed by atoms with E-state index < -0.39 is 0 Å². The molecule has 7 heteroatoms. The van der Waals surface area contributed by atoms with Crippen LogP contribution in [0.25, 0.3) is 11.3 Å². The number of amides is 1. The number of nitrogens with two attached hydrogens (primary N) is 1. The summed E-state index contributed by atoms with van der Waals surface area (Å²) < 4.78 is 18.4. The van der Waals surface area contributed by atoms with E-state index in [-0.39, 0.29) is 17.4 Å². The van der Waals surface area contributed by atoms with E-state index in [1.54, 1.807) is 24.4 Å². The van der Waals surface area contributed by atoms with Crippen LogP contribution in [0.3, 0.4) is 0 Å². The second-order valence-electron chi connectivity index (χ2n) is 5.49. The molecule has 2 aromatic heterocycles. The van der Waals surface area contributed by atoms with Gasteiger partial charge in [0.05, 0.1) is 6.20 Å². The van der Waals surface area contributed by atoms with Crippen molar-refractivity contribution >= 4 is 11.6 Å². The Morgan fingerprint density at radius 3 is 2.92 bits per heavy atom. The highest BCUT2D eigenvalue weighted by Gasteiger charge is 2.19. The molecule has 0 saturated heterocycles. The third-order valence-electron chi connectivity index (χ3n) is 3.68. The number of hydrogen-bond acceptors (Lipinski definition) is 5. The summed E-state index contributed by atoms with van der Waals surface area (Å²) in [5.41, 5.74) is 8.02. The number of halogens is 1. The highest BCUT2D eigenvalue weighted by atomic mass is 19.1. The second-order valence-corrected chi connectivity index (χ2v) is 5.49. The van der Waals surface area contributed by atoms with Crippen molar-refractivity contribution in [2.45, 2.75) is 12.8 Å². The molecule has 0 fully saturated rings. The molecule has 25 heavy (non-hydrogen) atoms. The number of nitrogens with zero attached hydrogens (tertiary/aromatic N) is 2. The van der Waals surface area contributed by atoms with E-state index in [9.17, 15) is 9.18 Å². The van der Waals surface area contributed by atoms with Gasteiger partial charge in [-0.15, -0.1) is 0 Å². The van der Waals surface area contributed by atoms with Crippen LogP contribution < -0.4 is 11.1 Å². The molecule has 0 aliphatic carbocycles. The van der Waals surface area contributed by atoms with Crippen LogP contribution in [0.4, 0.5) is 10.1 Å². The van der Waals surface area contributed by atoms with E-state index in [1.165, 1.54) is 12.5 Å². The number of aromatic nitrogens is 2. The lowest BCUT2D eigenvalue weighted by Gasteiger charge is -2.06. The molecule has 3 N–H and O–H groups in total. The molecule has 3 rings (SSSR count). The largest absolute Gasteiger partial charge is 0.443 e. The fourth-order valence-electron chi connectivity index (χ4n) is 2.47. The number of nitrogens with one attached hydrogen (secondary N) is 1. The topological polar surface area (TPSA) is 94.0 Å². The fraction of sp³-hybridized carbons (Fsp3) is 0.167. The number of hydrogen-bond donors (Lipinski definition) is 2. The molecule has 0 radical (unpaired) electrons. The molecule has 1 aromatic carbocycles. The Labute approximate surface area is 143 Å². The molecule has 0 bridgehead atoms. The monoisotopic (exact) mass is 340 g/mol. The number of carbonyl (C=O) groups is 1. The van der Waals surface area contributed by atoms with Crippen LogP contribution in [-0.4, -0.2) is 22.4 Å². The van der Waals surface area contributed by atoms with Gasteiger partial charge in [-0.05, 0) is 36.6 Å². The minimum absolute atomic E-state index is 0.185. The Hall–Kier alpha value is -3.22. The second kappa shape index (κ2) is 7.57. The first-order valence-corrected chi connectivity index (χ1v) is 7.81. The van der Waals surface area contributed by atoms with Gasteiger partial charge < -0.3 is 15.5 Å². The standard InChI is InChI=1S/C18H17FN4O2/c19-13-8-12(9-21-10-13)4-3-7-22-18(24)16-17(25-11-23-16)14-5-1-2-6-15(14)20/h1-2,5-6,8-11H,3-4,7,20H2,(H,22,24). The number of anilines is 1. The molecule has 0 aliphatic rings. The Morgan fingerprint density at radius 2 is 2.12 bits per heavy atom. The van der Waals surface area contributed by atoms with Crippen LogP contribution in [0.15, 0.2) is 53.5 Å². The normalized spacial score (nSPS) is 10.6. The van der Waals surface area contributed by atoms with Gasteiger partial charge in [-0.1, -0.05) is 12.1 Å².